The highest BCUT2D eigenvalue weighted by Gasteiger charge is 2.49. The van der Waals surface area contributed by atoms with Gasteiger partial charge in [-0.15, -0.1) is 11.3 Å². The van der Waals surface area contributed by atoms with Crippen LogP contribution in [0.15, 0.2) is 42.9 Å². The Morgan fingerprint density at radius 2 is 2.06 bits per heavy atom. The average Bonchev–Trinajstić information content (AvgIpc) is 3.42. The molecule has 166 valence electrons. The molecule has 9 heteroatoms. The van der Waals surface area contributed by atoms with Crippen molar-refractivity contribution >= 4 is 44.0 Å². The van der Waals surface area contributed by atoms with Crippen LogP contribution in [0.25, 0.3) is 21.1 Å². The van der Waals surface area contributed by atoms with Gasteiger partial charge in [-0.2, -0.15) is 13.2 Å². The predicted molar refractivity (Wildman–Crippen MR) is 121 cm³/mol. The molecule has 1 saturated heterocycles. The largest absolute Gasteiger partial charge is 0.393 e. The van der Waals surface area contributed by atoms with Gasteiger partial charge in [0, 0.05) is 46.8 Å². The molecule has 1 saturated carbocycles. The summed E-state index contributed by atoms with van der Waals surface area (Å²) in [7, 11) is 0. The van der Waals surface area contributed by atoms with E-state index in [4.69, 9.17) is 0 Å². The zero-order valence-corrected chi connectivity index (χ0v) is 18.1. The summed E-state index contributed by atoms with van der Waals surface area (Å²) >= 11 is 1.11. The normalized spacial score (nSPS) is 20.3. The van der Waals surface area contributed by atoms with Crippen molar-refractivity contribution in [3.8, 4) is 0 Å². The van der Waals surface area contributed by atoms with E-state index >= 15 is 0 Å². The van der Waals surface area contributed by atoms with Crippen molar-refractivity contribution in [3.63, 3.8) is 0 Å². The maximum Gasteiger partial charge on any atom is 0.393 e. The Hall–Kier alpha value is -2.81. The van der Waals surface area contributed by atoms with E-state index < -0.39 is 12.6 Å². The number of nitrogens with zero attached hydrogens (tertiary/aromatic N) is 3. The van der Waals surface area contributed by atoms with E-state index in [1.54, 1.807) is 6.07 Å². The summed E-state index contributed by atoms with van der Waals surface area (Å²) in [6.45, 7) is 1.77. The Morgan fingerprint density at radius 3 is 2.91 bits per heavy atom. The maximum absolute atomic E-state index is 12.8. The van der Waals surface area contributed by atoms with Crippen LogP contribution in [-0.2, 0) is 6.42 Å². The quantitative estimate of drug-likeness (QED) is 0.410. The number of halogens is 3. The number of alkyl halides is 3. The standard InChI is InChI=1S/C23H22F3N5S/c24-23(25,26)10-17-8-18-20(28-13-29-21(18)32-17)31-11-22(12-31)5-3-16(9-22)30-15-2-1-14-4-6-27-19(14)7-15/h1-2,4,6-8,13,16,27,30H,3,5,9-12H2. The van der Waals surface area contributed by atoms with Gasteiger partial charge in [-0.05, 0) is 48.9 Å². The average molecular weight is 458 g/mol. The first-order chi connectivity index (χ1) is 15.4. The SMILES string of the molecule is FC(F)(F)Cc1cc2c(N3CC4(CCC(Nc5ccc6cc[nH]c6c5)C4)C3)ncnc2s1. The summed E-state index contributed by atoms with van der Waals surface area (Å²) in [5, 5.41) is 5.63. The second-order valence-corrected chi connectivity index (χ2v) is 10.3. The highest BCUT2D eigenvalue weighted by atomic mass is 32.1. The molecular formula is C23H22F3N5S. The van der Waals surface area contributed by atoms with Gasteiger partial charge in [0.2, 0.25) is 0 Å². The van der Waals surface area contributed by atoms with Crippen LogP contribution < -0.4 is 10.2 Å². The molecule has 0 amide bonds. The summed E-state index contributed by atoms with van der Waals surface area (Å²) in [6, 6.07) is 10.5. The number of thiophene rings is 1. The minimum absolute atomic E-state index is 0.246. The minimum atomic E-state index is -4.22. The lowest BCUT2D eigenvalue weighted by Crippen LogP contribution is -2.56. The number of benzene rings is 1. The summed E-state index contributed by atoms with van der Waals surface area (Å²) in [6.07, 6.45) is 1.62. The number of aromatic nitrogens is 3. The van der Waals surface area contributed by atoms with Crippen LogP contribution in [0.4, 0.5) is 24.7 Å². The molecule has 0 bridgehead atoms. The zero-order chi connectivity index (χ0) is 21.9. The molecule has 1 spiro atoms. The van der Waals surface area contributed by atoms with Crippen LogP contribution in [-0.4, -0.2) is 40.3 Å². The zero-order valence-electron chi connectivity index (χ0n) is 17.2. The van der Waals surface area contributed by atoms with Crippen LogP contribution in [0.1, 0.15) is 24.1 Å². The van der Waals surface area contributed by atoms with Crippen molar-refractivity contribution < 1.29 is 13.2 Å². The Morgan fingerprint density at radius 1 is 1.19 bits per heavy atom. The number of anilines is 2. The smallest absolute Gasteiger partial charge is 0.382 e. The van der Waals surface area contributed by atoms with Crippen LogP contribution in [0.2, 0.25) is 0 Å². The lowest BCUT2D eigenvalue weighted by Gasteiger charge is -2.49. The molecule has 2 aliphatic rings. The van der Waals surface area contributed by atoms with Crippen LogP contribution in [0.5, 0.6) is 0 Å². The third-order valence-electron chi connectivity index (χ3n) is 6.71. The van der Waals surface area contributed by atoms with Gasteiger partial charge < -0.3 is 15.2 Å². The third kappa shape index (κ3) is 3.58. The molecule has 4 heterocycles. The number of H-pyrrole nitrogens is 1. The Kier molecular flexibility index (Phi) is 4.40. The summed E-state index contributed by atoms with van der Waals surface area (Å²) in [4.78, 5) is 15.0. The molecule has 1 atom stereocenters. The van der Waals surface area contributed by atoms with Crippen molar-refractivity contribution in [2.75, 3.05) is 23.3 Å². The molecule has 0 radical (unpaired) electrons. The second-order valence-electron chi connectivity index (χ2n) is 9.14. The number of fused-ring (bicyclic) bond motifs is 2. The maximum atomic E-state index is 12.8. The Balaban J connectivity index is 1.14. The molecule has 1 unspecified atom stereocenters. The number of hydrogen-bond acceptors (Lipinski definition) is 5. The Labute approximate surface area is 186 Å². The van der Waals surface area contributed by atoms with Gasteiger partial charge in [0.1, 0.15) is 17.0 Å². The van der Waals surface area contributed by atoms with Crippen molar-refractivity contribution in [3.05, 3.63) is 47.7 Å². The predicted octanol–water partition coefficient (Wildman–Crippen LogP) is 5.75. The summed E-state index contributed by atoms with van der Waals surface area (Å²) < 4.78 is 38.4. The second kappa shape index (κ2) is 7.10. The molecule has 3 aromatic heterocycles. The molecule has 6 rings (SSSR count). The molecule has 5 nitrogen and oxygen atoms in total. The first-order valence-corrected chi connectivity index (χ1v) is 11.6. The van der Waals surface area contributed by atoms with E-state index in [2.05, 4.69) is 49.4 Å². The third-order valence-corrected chi connectivity index (χ3v) is 7.76. The molecule has 4 aromatic rings. The molecule has 1 aromatic carbocycles. The number of aromatic amines is 1. The topological polar surface area (TPSA) is 56.8 Å². The van der Waals surface area contributed by atoms with Gasteiger partial charge in [0.05, 0.1) is 11.8 Å². The molecule has 1 aliphatic carbocycles. The van der Waals surface area contributed by atoms with Crippen LogP contribution in [0, 0.1) is 5.41 Å². The van der Waals surface area contributed by atoms with Gasteiger partial charge in [0.25, 0.3) is 0 Å². The highest BCUT2D eigenvalue weighted by Crippen LogP contribution is 2.48. The van der Waals surface area contributed by atoms with E-state index in [0.29, 0.717) is 10.9 Å². The summed E-state index contributed by atoms with van der Waals surface area (Å²) in [5.41, 5.74) is 2.51. The first kappa shape index (κ1) is 19.8. The van der Waals surface area contributed by atoms with Crippen LogP contribution in [0.3, 0.4) is 0 Å². The molecule has 2 N–H and O–H groups in total. The van der Waals surface area contributed by atoms with Gasteiger partial charge in [-0.3, -0.25) is 0 Å². The van der Waals surface area contributed by atoms with E-state index in [1.165, 1.54) is 11.7 Å². The van der Waals surface area contributed by atoms with Crippen LogP contribution >= 0.6 is 11.3 Å². The van der Waals surface area contributed by atoms with E-state index in [1.807, 2.05) is 6.20 Å². The van der Waals surface area contributed by atoms with E-state index in [-0.39, 0.29) is 10.3 Å². The minimum Gasteiger partial charge on any atom is -0.382 e. The van der Waals surface area contributed by atoms with Crippen molar-refractivity contribution in [2.24, 2.45) is 5.41 Å². The number of hydrogen-bond donors (Lipinski definition) is 2. The van der Waals surface area contributed by atoms with Gasteiger partial charge in [-0.1, -0.05) is 6.07 Å². The van der Waals surface area contributed by atoms with Gasteiger partial charge in [0.15, 0.2) is 0 Å². The summed E-state index contributed by atoms with van der Waals surface area (Å²) in [5.74, 6) is 0.763. The molecule has 2 fully saturated rings. The molecule has 32 heavy (non-hydrogen) atoms. The van der Waals surface area contributed by atoms with Crippen molar-refractivity contribution in [1.29, 1.82) is 0 Å². The lowest BCUT2D eigenvalue weighted by atomic mass is 9.78. The van der Waals surface area contributed by atoms with E-state index in [0.717, 1.165) is 66.1 Å². The van der Waals surface area contributed by atoms with Gasteiger partial charge >= 0.3 is 6.18 Å². The van der Waals surface area contributed by atoms with Gasteiger partial charge in [-0.25, -0.2) is 9.97 Å². The fraction of sp³-hybridized carbons (Fsp3) is 0.391. The van der Waals surface area contributed by atoms with Crippen molar-refractivity contribution in [1.82, 2.24) is 15.0 Å². The highest BCUT2D eigenvalue weighted by molar-refractivity contribution is 7.18. The van der Waals surface area contributed by atoms with E-state index in [9.17, 15) is 13.2 Å². The molecule has 1 aliphatic heterocycles. The Bertz CT molecular complexity index is 1290. The lowest BCUT2D eigenvalue weighted by molar-refractivity contribution is -0.126. The monoisotopic (exact) mass is 457 g/mol. The molecular weight excluding hydrogens is 435 g/mol. The number of rotatable bonds is 4. The van der Waals surface area contributed by atoms with Crippen molar-refractivity contribution in [2.45, 2.75) is 37.9 Å². The fourth-order valence-electron chi connectivity index (χ4n) is 5.33. The fourth-order valence-corrected chi connectivity index (χ4v) is 6.35. The first-order valence-electron chi connectivity index (χ1n) is 10.7. The number of nitrogens with one attached hydrogen (secondary N) is 2.